The Bertz CT molecular complexity index is 678. The molecule has 0 bridgehead atoms. The van der Waals surface area contributed by atoms with Crippen molar-refractivity contribution >= 4 is 23.1 Å². The first-order valence-corrected chi connectivity index (χ1v) is 6.16. The van der Waals surface area contributed by atoms with Crippen LogP contribution in [0.2, 0.25) is 0 Å². The zero-order chi connectivity index (χ0) is 15.6. The van der Waals surface area contributed by atoms with Crippen LogP contribution in [0.25, 0.3) is 5.69 Å². The number of halogens is 5. The van der Waals surface area contributed by atoms with Crippen LogP contribution in [0.1, 0.15) is 5.69 Å². The fourth-order valence-electron chi connectivity index (χ4n) is 1.56. The average Bonchev–Trinajstić information content (AvgIpc) is 2.88. The van der Waals surface area contributed by atoms with Gasteiger partial charge in [0.15, 0.2) is 11.5 Å². The first kappa shape index (κ1) is 15.3. The maximum atomic E-state index is 13.9. The van der Waals surface area contributed by atoms with Crippen LogP contribution >= 0.6 is 11.6 Å². The molecule has 0 radical (unpaired) electrons. The van der Waals surface area contributed by atoms with E-state index < -0.39 is 17.7 Å². The highest BCUT2D eigenvalue weighted by molar-refractivity contribution is 6.28. The van der Waals surface area contributed by atoms with Gasteiger partial charge in [0.2, 0.25) is 0 Å². The third kappa shape index (κ3) is 3.52. The van der Waals surface area contributed by atoms with Crippen molar-refractivity contribution in [1.82, 2.24) is 9.78 Å². The zero-order valence-electron chi connectivity index (χ0n) is 10.4. The molecule has 0 fully saturated rings. The lowest BCUT2D eigenvalue weighted by atomic mass is 10.2. The number of hydrogen-bond acceptors (Lipinski definition) is 2. The molecule has 0 saturated heterocycles. The highest BCUT2D eigenvalue weighted by Gasteiger charge is 2.33. The predicted molar refractivity (Wildman–Crippen MR) is 70.5 cm³/mol. The van der Waals surface area contributed by atoms with Gasteiger partial charge in [-0.05, 0) is 18.2 Å². The Morgan fingerprint density at radius 1 is 1.33 bits per heavy atom. The van der Waals surface area contributed by atoms with Gasteiger partial charge in [-0.25, -0.2) is 14.1 Å². The molecule has 0 saturated carbocycles. The topological polar surface area (TPSA) is 56.2 Å². The molecule has 1 heterocycles. The third-order valence-electron chi connectivity index (χ3n) is 2.47. The molecule has 2 N–H and O–H groups in total. The molecule has 0 atom stereocenters. The first-order chi connectivity index (χ1) is 9.81. The summed E-state index contributed by atoms with van der Waals surface area (Å²) in [4.78, 5) is 3.83. The second kappa shape index (κ2) is 5.72. The smallest absolute Gasteiger partial charge is 0.386 e. The maximum Gasteiger partial charge on any atom is 0.435 e. The molecule has 9 heteroatoms. The minimum absolute atomic E-state index is 0.0164. The fourth-order valence-corrected chi connectivity index (χ4v) is 1.62. The van der Waals surface area contributed by atoms with Crippen LogP contribution in [-0.4, -0.2) is 21.5 Å². The largest absolute Gasteiger partial charge is 0.435 e. The van der Waals surface area contributed by atoms with Gasteiger partial charge >= 0.3 is 6.18 Å². The Kier molecular flexibility index (Phi) is 4.17. The highest BCUT2D eigenvalue weighted by Crippen LogP contribution is 2.28. The SMILES string of the molecule is NC(CCl)=Nc1ccc(-n2ccc(C(F)(F)F)n2)c(F)c1. The molecule has 21 heavy (non-hydrogen) atoms. The molecule has 1 aromatic heterocycles. The molecule has 0 aliphatic heterocycles. The van der Waals surface area contributed by atoms with E-state index in [1.807, 2.05) is 0 Å². The maximum absolute atomic E-state index is 13.9. The van der Waals surface area contributed by atoms with E-state index in [-0.39, 0.29) is 23.1 Å². The van der Waals surface area contributed by atoms with Crippen molar-refractivity contribution in [3.05, 3.63) is 42.0 Å². The Morgan fingerprint density at radius 2 is 2.05 bits per heavy atom. The van der Waals surface area contributed by atoms with Gasteiger partial charge in [0.25, 0.3) is 0 Å². The monoisotopic (exact) mass is 320 g/mol. The zero-order valence-corrected chi connectivity index (χ0v) is 11.2. The van der Waals surface area contributed by atoms with E-state index in [1.54, 1.807) is 0 Å². The third-order valence-corrected chi connectivity index (χ3v) is 2.74. The van der Waals surface area contributed by atoms with Crippen molar-refractivity contribution in [1.29, 1.82) is 0 Å². The van der Waals surface area contributed by atoms with E-state index in [2.05, 4.69) is 10.1 Å². The molecule has 0 spiro atoms. The van der Waals surface area contributed by atoms with Crippen molar-refractivity contribution in [2.45, 2.75) is 6.18 Å². The second-order valence-corrected chi connectivity index (χ2v) is 4.28. The van der Waals surface area contributed by atoms with Crippen molar-refractivity contribution < 1.29 is 17.6 Å². The summed E-state index contributed by atoms with van der Waals surface area (Å²) >= 11 is 5.44. The molecule has 0 aliphatic rings. The van der Waals surface area contributed by atoms with Crippen LogP contribution in [0.5, 0.6) is 0 Å². The number of aliphatic imine (C=N–C) groups is 1. The predicted octanol–water partition coefficient (Wildman–Crippen LogP) is 3.26. The van der Waals surface area contributed by atoms with Gasteiger partial charge in [-0.15, -0.1) is 11.6 Å². The number of aromatic nitrogens is 2. The van der Waals surface area contributed by atoms with Crippen LogP contribution in [0.3, 0.4) is 0 Å². The number of rotatable bonds is 3. The molecule has 0 aliphatic carbocycles. The van der Waals surface area contributed by atoms with Crippen molar-refractivity contribution in [2.75, 3.05) is 5.88 Å². The molecular weight excluding hydrogens is 312 g/mol. The Hall–Kier alpha value is -2.09. The Balaban J connectivity index is 2.35. The molecular formula is C12H9ClF4N4. The first-order valence-electron chi connectivity index (χ1n) is 5.63. The lowest BCUT2D eigenvalue weighted by Gasteiger charge is -2.05. The van der Waals surface area contributed by atoms with Gasteiger partial charge in [0.1, 0.15) is 11.5 Å². The van der Waals surface area contributed by atoms with Crippen LogP contribution in [0.4, 0.5) is 23.2 Å². The van der Waals surface area contributed by atoms with E-state index in [4.69, 9.17) is 17.3 Å². The van der Waals surface area contributed by atoms with E-state index in [1.165, 1.54) is 12.1 Å². The number of nitrogens with two attached hydrogens (primary N) is 1. The normalized spacial score (nSPS) is 12.7. The van der Waals surface area contributed by atoms with Gasteiger partial charge in [0.05, 0.1) is 11.6 Å². The van der Waals surface area contributed by atoms with Gasteiger partial charge in [-0.3, -0.25) is 0 Å². The lowest BCUT2D eigenvalue weighted by Crippen LogP contribution is -2.12. The van der Waals surface area contributed by atoms with Gasteiger partial charge in [-0.1, -0.05) is 0 Å². The van der Waals surface area contributed by atoms with Gasteiger partial charge in [-0.2, -0.15) is 18.3 Å². The van der Waals surface area contributed by atoms with E-state index in [9.17, 15) is 17.6 Å². The van der Waals surface area contributed by atoms with E-state index >= 15 is 0 Å². The molecule has 0 unspecified atom stereocenters. The summed E-state index contributed by atoms with van der Waals surface area (Å²) in [5.74, 6) is -0.699. The number of benzene rings is 1. The molecule has 0 amide bonds. The second-order valence-electron chi connectivity index (χ2n) is 4.02. The minimum Gasteiger partial charge on any atom is -0.386 e. The summed E-state index contributed by atoms with van der Waals surface area (Å²) in [5, 5.41) is 3.29. The van der Waals surface area contributed by atoms with Crippen LogP contribution < -0.4 is 5.73 Å². The Labute approximate surface area is 121 Å². The Morgan fingerprint density at radius 3 is 2.57 bits per heavy atom. The molecule has 112 valence electrons. The molecule has 4 nitrogen and oxygen atoms in total. The summed E-state index contributed by atoms with van der Waals surface area (Å²) in [7, 11) is 0. The van der Waals surface area contributed by atoms with Crippen molar-refractivity contribution in [3.63, 3.8) is 0 Å². The summed E-state index contributed by atoms with van der Waals surface area (Å²) in [6.45, 7) is 0. The molecule has 2 aromatic rings. The number of nitrogens with zero attached hydrogens (tertiary/aromatic N) is 3. The summed E-state index contributed by atoms with van der Waals surface area (Å²) in [6, 6.07) is 4.44. The lowest BCUT2D eigenvalue weighted by molar-refractivity contribution is -0.141. The standard InChI is InChI=1S/C12H9ClF4N4/c13-6-11(18)19-7-1-2-9(8(14)5-7)21-4-3-10(20-21)12(15,16)17/h1-5H,6H2,(H2,18,19). The molecule has 1 aromatic carbocycles. The van der Waals surface area contributed by atoms with Crippen LogP contribution in [0, 0.1) is 5.82 Å². The summed E-state index contributed by atoms with van der Waals surface area (Å²) in [5.41, 5.74) is 4.38. The van der Waals surface area contributed by atoms with Gasteiger partial charge in [0, 0.05) is 12.3 Å². The number of amidine groups is 1. The summed E-state index contributed by atoms with van der Waals surface area (Å²) < 4.78 is 52.1. The van der Waals surface area contributed by atoms with Crippen LogP contribution in [0.15, 0.2) is 35.5 Å². The summed E-state index contributed by atoms with van der Waals surface area (Å²) in [6.07, 6.45) is -3.56. The van der Waals surface area contributed by atoms with E-state index in [0.717, 1.165) is 23.0 Å². The average molecular weight is 321 g/mol. The number of alkyl halides is 4. The minimum atomic E-state index is -4.58. The number of hydrogen-bond donors (Lipinski definition) is 1. The van der Waals surface area contributed by atoms with Crippen molar-refractivity contribution in [2.24, 2.45) is 10.7 Å². The highest BCUT2D eigenvalue weighted by atomic mass is 35.5. The fraction of sp³-hybridized carbons (Fsp3) is 0.167. The van der Waals surface area contributed by atoms with E-state index in [0.29, 0.717) is 0 Å². The molecule has 2 rings (SSSR count). The van der Waals surface area contributed by atoms with Gasteiger partial charge < -0.3 is 5.73 Å². The quantitative estimate of drug-likeness (QED) is 0.408. The van der Waals surface area contributed by atoms with Crippen LogP contribution in [-0.2, 0) is 6.18 Å². The van der Waals surface area contributed by atoms with Crippen molar-refractivity contribution in [3.8, 4) is 5.69 Å².